The lowest BCUT2D eigenvalue weighted by molar-refractivity contribution is 0.0140. The van der Waals surface area contributed by atoms with Crippen molar-refractivity contribution < 1.29 is 9.84 Å². The molecule has 1 aliphatic carbocycles. The summed E-state index contributed by atoms with van der Waals surface area (Å²) in [7, 11) is 0. The SMILES string of the molecule is OC(CNC1CCC1)CN1CCOCC1. The van der Waals surface area contributed by atoms with Gasteiger partial charge in [-0.15, -0.1) is 0 Å². The van der Waals surface area contributed by atoms with Gasteiger partial charge in [0.15, 0.2) is 0 Å². The first-order chi connectivity index (χ1) is 7.34. The van der Waals surface area contributed by atoms with Crippen LogP contribution in [0.2, 0.25) is 0 Å². The van der Waals surface area contributed by atoms with Gasteiger partial charge in [-0.25, -0.2) is 0 Å². The number of β-amino-alcohol motifs (C(OH)–C–C–N with tert-alkyl or cyclic N) is 1. The maximum atomic E-state index is 9.82. The number of ether oxygens (including phenoxy) is 1. The fraction of sp³-hybridized carbons (Fsp3) is 1.00. The summed E-state index contributed by atoms with van der Waals surface area (Å²) in [5.41, 5.74) is 0. The van der Waals surface area contributed by atoms with Crippen LogP contribution in [-0.2, 0) is 4.74 Å². The lowest BCUT2D eigenvalue weighted by atomic mass is 9.93. The third kappa shape index (κ3) is 3.72. The molecule has 1 saturated heterocycles. The molecule has 2 aliphatic rings. The van der Waals surface area contributed by atoms with E-state index in [1.807, 2.05) is 0 Å². The van der Waals surface area contributed by atoms with E-state index < -0.39 is 0 Å². The van der Waals surface area contributed by atoms with Crippen LogP contribution >= 0.6 is 0 Å². The van der Waals surface area contributed by atoms with Crippen molar-refractivity contribution in [2.75, 3.05) is 39.4 Å². The van der Waals surface area contributed by atoms with Gasteiger partial charge in [0.2, 0.25) is 0 Å². The number of hydrogen-bond acceptors (Lipinski definition) is 4. The Morgan fingerprint density at radius 2 is 2.07 bits per heavy atom. The van der Waals surface area contributed by atoms with Gasteiger partial charge in [-0.1, -0.05) is 6.42 Å². The summed E-state index contributed by atoms with van der Waals surface area (Å²) in [6.45, 7) is 5.05. The number of aliphatic hydroxyl groups is 1. The zero-order chi connectivity index (χ0) is 10.5. The molecule has 1 heterocycles. The summed E-state index contributed by atoms with van der Waals surface area (Å²) < 4.78 is 5.27. The first-order valence-corrected chi connectivity index (χ1v) is 6.06. The highest BCUT2D eigenvalue weighted by atomic mass is 16.5. The van der Waals surface area contributed by atoms with Crippen molar-refractivity contribution in [2.24, 2.45) is 0 Å². The zero-order valence-electron chi connectivity index (χ0n) is 9.32. The Morgan fingerprint density at radius 1 is 1.33 bits per heavy atom. The van der Waals surface area contributed by atoms with E-state index in [0.717, 1.165) is 39.4 Å². The molecule has 2 N–H and O–H groups in total. The normalized spacial score (nSPS) is 26.2. The topological polar surface area (TPSA) is 44.7 Å². The van der Waals surface area contributed by atoms with Crippen LogP contribution < -0.4 is 5.32 Å². The van der Waals surface area contributed by atoms with Crippen molar-refractivity contribution in [3.63, 3.8) is 0 Å². The number of rotatable bonds is 5. The molecular weight excluding hydrogens is 192 g/mol. The molecule has 4 heteroatoms. The van der Waals surface area contributed by atoms with Crippen LogP contribution in [0.5, 0.6) is 0 Å². The smallest absolute Gasteiger partial charge is 0.0791 e. The third-order valence-corrected chi connectivity index (χ3v) is 3.32. The van der Waals surface area contributed by atoms with Crippen molar-refractivity contribution in [1.82, 2.24) is 10.2 Å². The number of hydrogen-bond donors (Lipinski definition) is 2. The Kier molecular flexibility index (Phi) is 4.38. The van der Waals surface area contributed by atoms with Crippen LogP contribution in [0.15, 0.2) is 0 Å². The fourth-order valence-corrected chi connectivity index (χ4v) is 2.06. The molecule has 0 bridgehead atoms. The fourth-order valence-electron chi connectivity index (χ4n) is 2.06. The van der Waals surface area contributed by atoms with Gasteiger partial charge in [0.05, 0.1) is 19.3 Å². The Hall–Kier alpha value is -0.160. The van der Waals surface area contributed by atoms with Gasteiger partial charge in [-0.3, -0.25) is 4.90 Å². The molecule has 1 saturated carbocycles. The largest absolute Gasteiger partial charge is 0.390 e. The summed E-state index contributed by atoms with van der Waals surface area (Å²) in [6.07, 6.45) is 3.68. The van der Waals surface area contributed by atoms with Gasteiger partial charge < -0.3 is 15.2 Å². The van der Waals surface area contributed by atoms with E-state index in [1.54, 1.807) is 0 Å². The number of nitrogens with one attached hydrogen (secondary N) is 1. The molecule has 0 amide bonds. The summed E-state index contributed by atoms with van der Waals surface area (Å²) in [5, 5.41) is 13.2. The van der Waals surface area contributed by atoms with Gasteiger partial charge in [0.25, 0.3) is 0 Å². The minimum Gasteiger partial charge on any atom is -0.390 e. The molecule has 2 rings (SSSR count). The molecule has 1 aliphatic heterocycles. The Labute approximate surface area is 91.6 Å². The number of aliphatic hydroxyl groups excluding tert-OH is 1. The average molecular weight is 214 g/mol. The van der Waals surface area contributed by atoms with E-state index in [4.69, 9.17) is 4.74 Å². The molecule has 0 spiro atoms. The van der Waals surface area contributed by atoms with Gasteiger partial charge in [0.1, 0.15) is 0 Å². The predicted octanol–water partition coefficient (Wildman–Crippen LogP) is -0.178. The number of morpholine rings is 1. The van der Waals surface area contributed by atoms with Crippen molar-refractivity contribution in [3.05, 3.63) is 0 Å². The first-order valence-electron chi connectivity index (χ1n) is 6.06. The molecule has 4 nitrogen and oxygen atoms in total. The van der Waals surface area contributed by atoms with Gasteiger partial charge in [-0.05, 0) is 12.8 Å². The third-order valence-electron chi connectivity index (χ3n) is 3.32. The van der Waals surface area contributed by atoms with Gasteiger partial charge >= 0.3 is 0 Å². The highest BCUT2D eigenvalue weighted by molar-refractivity contribution is 4.78. The van der Waals surface area contributed by atoms with E-state index in [2.05, 4.69) is 10.2 Å². The van der Waals surface area contributed by atoms with Crippen LogP contribution in [0.25, 0.3) is 0 Å². The molecule has 1 unspecified atom stereocenters. The van der Waals surface area contributed by atoms with Crippen LogP contribution in [0.3, 0.4) is 0 Å². The zero-order valence-corrected chi connectivity index (χ0v) is 9.32. The van der Waals surface area contributed by atoms with Crippen molar-refractivity contribution in [3.8, 4) is 0 Å². The molecule has 0 radical (unpaired) electrons. The van der Waals surface area contributed by atoms with E-state index in [0.29, 0.717) is 6.04 Å². The van der Waals surface area contributed by atoms with Crippen LogP contribution in [-0.4, -0.2) is 61.5 Å². The molecule has 0 aromatic heterocycles. The lowest BCUT2D eigenvalue weighted by Gasteiger charge is -2.31. The summed E-state index contributed by atoms with van der Waals surface area (Å²) in [5.74, 6) is 0. The van der Waals surface area contributed by atoms with Gasteiger partial charge in [0, 0.05) is 32.2 Å². The maximum Gasteiger partial charge on any atom is 0.0791 e. The van der Waals surface area contributed by atoms with Crippen LogP contribution in [0.4, 0.5) is 0 Å². The maximum absolute atomic E-state index is 9.82. The predicted molar refractivity (Wildman–Crippen MR) is 58.9 cm³/mol. The summed E-state index contributed by atoms with van der Waals surface area (Å²) in [4.78, 5) is 2.27. The summed E-state index contributed by atoms with van der Waals surface area (Å²) in [6, 6.07) is 0.671. The second-order valence-electron chi connectivity index (χ2n) is 4.60. The number of nitrogens with zero attached hydrogens (tertiary/aromatic N) is 1. The van der Waals surface area contributed by atoms with Crippen molar-refractivity contribution in [1.29, 1.82) is 0 Å². The molecular formula is C11H22N2O2. The Bertz CT molecular complexity index is 179. The van der Waals surface area contributed by atoms with Crippen molar-refractivity contribution >= 4 is 0 Å². The quantitative estimate of drug-likeness (QED) is 0.666. The molecule has 88 valence electrons. The van der Waals surface area contributed by atoms with E-state index in [9.17, 15) is 5.11 Å². The standard InChI is InChI=1S/C11H22N2O2/c14-11(8-12-10-2-1-3-10)9-13-4-6-15-7-5-13/h10-12,14H,1-9H2. The molecule has 15 heavy (non-hydrogen) atoms. The molecule has 2 fully saturated rings. The minimum absolute atomic E-state index is 0.233. The lowest BCUT2D eigenvalue weighted by Crippen LogP contribution is -2.46. The molecule has 0 aromatic carbocycles. The molecule has 0 aromatic rings. The van der Waals surface area contributed by atoms with Crippen LogP contribution in [0.1, 0.15) is 19.3 Å². The minimum atomic E-state index is -0.233. The highest BCUT2D eigenvalue weighted by Gasteiger charge is 2.19. The monoisotopic (exact) mass is 214 g/mol. The first kappa shape index (κ1) is 11.3. The van der Waals surface area contributed by atoms with E-state index in [-0.39, 0.29) is 6.10 Å². The van der Waals surface area contributed by atoms with Crippen LogP contribution in [0, 0.1) is 0 Å². The van der Waals surface area contributed by atoms with Crippen molar-refractivity contribution in [2.45, 2.75) is 31.4 Å². The second kappa shape index (κ2) is 5.80. The summed E-state index contributed by atoms with van der Waals surface area (Å²) >= 11 is 0. The highest BCUT2D eigenvalue weighted by Crippen LogP contribution is 2.17. The second-order valence-corrected chi connectivity index (χ2v) is 4.60. The molecule has 1 atom stereocenters. The Balaban J connectivity index is 1.56. The van der Waals surface area contributed by atoms with E-state index >= 15 is 0 Å². The van der Waals surface area contributed by atoms with Gasteiger partial charge in [-0.2, -0.15) is 0 Å². The Morgan fingerprint density at radius 3 is 2.67 bits per heavy atom. The van der Waals surface area contributed by atoms with E-state index in [1.165, 1.54) is 19.3 Å². The average Bonchev–Trinajstić information content (AvgIpc) is 2.17.